The van der Waals surface area contributed by atoms with E-state index in [1.165, 1.54) is 16.7 Å². The molecule has 0 N–H and O–H groups in total. The number of fused-ring (bicyclic) bond motifs is 1. The first-order valence-electron chi connectivity index (χ1n) is 10.2. The van der Waals surface area contributed by atoms with Gasteiger partial charge in [0.1, 0.15) is 5.75 Å². The molecule has 1 aliphatic heterocycles. The van der Waals surface area contributed by atoms with Crippen molar-refractivity contribution >= 4 is 12.4 Å². The van der Waals surface area contributed by atoms with Crippen molar-refractivity contribution in [3.63, 3.8) is 0 Å². The van der Waals surface area contributed by atoms with Crippen molar-refractivity contribution < 1.29 is 14.2 Å². The van der Waals surface area contributed by atoms with Crippen LogP contribution < -0.4 is 14.2 Å². The monoisotopic (exact) mass is 440 g/mol. The van der Waals surface area contributed by atoms with Gasteiger partial charge in [0.15, 0.2) is 11.5 Å². The van der Waals surface area contributed by atoms with E-state index >= 15 is 0 Å². The van der Waals surface area contributed by atoms with Crippen LogP contribution in [0.2, 0.25) is 0 Å². The van der Waals surface area contributed by atoms with E-state index in [0.29, 0.717) is 6.04 Å². The Morgan fingerprint density at radius 2 is 1.61 bits per heavy atom. The average molecular weight is 441 g/mol. The minimum absolute atomic E-state index is 0. The predicted molar refractivity (Wildman–Crippen MR) is 126 cm³/mol. The number of halogens is 1. The summed E-state index contributed by atoms with van der Waals surface area (Å²) in [7, 11) is 7.26. The smallest absolute Gasteiger partial charge is 0.161 e. The second-order valence-electron chi connectivity index (χ2n) is 7.63. The number of benzene rings is 2. The van der Waals surface area contributed by atoms with Gasteiger partial charge in [0.05, 0.1) is 21.3 Å². The van der Waals surface area contributed by atoms with Crippen LogP contribution in [-0.2, 0) is 12.8 Å². The fraction of sp³-hybridized carbons (Fsp3) is 0.320. The van der Waals surface area contributed by atoms with Crippen LogP contribution >= 0.6 is 12.4 Å². The number of rotatable bonds is 6. The fourth-order valence-electron chi connectivity index (χ4n) is 4.24. The largest absolute Gasteiger partial charge is 0.496 e. The summed E-state index contributed by atoms with van der Waals surface area (Å²) >= 11 is 0. The molecule has 0 fully saturated rings. The van der Waals surface area contributed by atoms with E-state index in [1.807, 2.05) is 12.3 Å². The van der Waals surface area contributed by atoms with Crippen molar-refractivity contribution in [2.45, 2.75) is 18.9 Å². The maximum absolute atomic E-state index is 5.56. The van der Waals surface area contributed by atoms with Crippen molar-refractivity contribution in [1.82, 2.24) is 9.88 Å². The van der Waals surface area contributed by atoms with Gasteiger partial charge in [-0.1, -0.05) is 24.3 Å². The molecular weight excluding hydrogens is 412 g/mol. The highest BCUT2D eigenvalue weighted by molar-refractivity contribution is 5.85. The molecule has 0 saturated heterocycles. The van der Waals surface area contributed by atoms with Gasteiger partial charge >= 0.3 is 0 Å². The van der Waals surface area contributed by atoms with Crippen molar-refractivity contribution in [2.75, 3.05) is 34.9 Å². The highest BCUT2D eigenvalue weighted by Crippen LogP contribution is 2.39. The first-order chi connectivity index (χ1) is 14.6. The Morgan fingerprint density at radius 1 is 0.935 bits per heavy atom. The lowest BCUT2D eigenvalue weighted by Crippen LogP contribution is -2.33. The zero-order valence-electron chi connectivity index (χ0n) is 18.4. The molecule has 0 saturated carbocycles. The van der Waals surface area contributed by atoms with Gasteiger partial charge < -0.3 is 14.2 Å². The summed E-state index contributed by atoms with van der Waals surface area (Å²) < 4.78 is 16.5. The van der Waals surface area contributed by atoms with Crippen LogP contribution in [0.4, 0.5) is 0 Å². The van der Waals surface area contributed by atoms with Crippen molar-refractivity contribution in [3.05, 3.63) is 71.5 Å². The van der Waals surface area contributed by atoms with E-state index in [0.717, 1.165) is 47.8 Å². The SMILES string of the molecule is COc1cc2c(cc1OC)C(Cc1ccc(-c3cnccc3OC)cc1)N(C)CC2.Cl. The summed E-state index contributed by atoms with van der Waals surface area (Å²) in [5.74, 6) is 2.42. The second-order valence-corrected chi connectivity index (χ2v) is 7.63. The normalized spacial score (nSPS) is 15.5. The first-order valence-corrected chi connectivity index (χ1v) is 10.2. The van der Waals surface area contributed by atoms with E-state index in [2.05, 4.69) is 53.3 Å². The Hall–Kier alpha value is -2.76. The lowest BCUT2D eigenvalue weighted by molar-refractivity contribution is 0.228. The lowest BCUT2D eigenvalue weighted by atomic mass is 9.88. The standard InChI is InChI=1S/C25H28N2O3.ClH/c1-27-12-10-19-14-24(29-3)25(30-4)15-20(19)22(27)13-17-5-7-18(8-6-17)21-16-26-11-9-23(21)28-2;/h5-9,11,14-16,22H,10,12-13H2,1-4H3;1H. The molecule has 1 unspecified atom stereocenters. The summed E-state index contributed by atoms with van der Waals surface area (Å²) in [5, 5.41) is 0. The number of hydrogen-bond acceptors (Lipinski definition) is 5. The summed E-state index contributed by atoms with van der Waals surface area (Å²) in [6.45, 7) is 1.03. The quantitative estimate of drug-likeness (QED) is 0.541. The van der Waals surface area contributed by atoms with Gasteiger partial charge in [-0.15, -0.1) is 12.4 Å². The molecule has 6 heteroatoms. The molecule has 1 atom stereocenters. The Bertz CT molecular complexity index is 1020. The van der Waals surface area contributed by atoms with Gasteiger partial charge in [-0.3, -0.25) is 9.88 Å². The molecule has 0 spiro atoms. The lowest BCUT2D eigenvalue weighted by Gasteiger charge is -2.35. The molecule has 31 heavy (non-hydrogen) atoms. The van der Waals surface area contributed by atoms with Gasteiger partial charge in [-0.05, 0) is 60.3 Å². The molecule has 0 radical (unpaired) electrons. The molecule has 1 aromatic heterocycles. The van der Waals surface area contributed by atoms with Gasteiger partial charge in [0.2, 0.25) is 0 Å². The van der Waals surface area contributed by atoms with E-state index in [4.69, 9.17) is 14.2 Å². The molecule has 2 aromatic carbocycles. The summed E-state index contributed by atoms with van der Waals surface area (Å²) in [6.07, 6.45) is 5.54. The van der Waals surface area contributed by atoms with E-state index < -0.39 is 0 Å². The third-order valence-electron chi connectivity index (χ3n) is 5.97. The Labute approximate surface area is 190 Å². The molecule has 164 valence electrons. The molecule has 3 aromatic rings. The highest BCUT2D eigenvalue weighted by Gasteiger charge is 2.27. The van der Waals surface area contributed by atoms with Crippen molar-refractivity contribution in [1.29, 1.82) is 0 Å². The number of methoxy groups -OCH3 is 3. The number of ether oxygens (including phenoxy) is 3. The predicted octanol–water partition coefficient (Wildman–Crippen LogP) is 4.97. The van der Waals surface area contributed by atoms with Crippen LogP contribution in [0.15, 0.2) is 54.9 Å². The first kappa shape index (κ1) is 22.9. The number of likely N-dealkylation sites (N-methyl/N-ethyl adjacent to an activating group) is 1. The second kappa shape index (κ2) is 10.0. The van der Waals surface area contributed by atoms with Crippen LogP contribution in [0.5, 0.6) is 17.2 Å². The number of nitrogens with zero attached hydrogens (tertiary/aromatic N) is 2. The van der Waals surface area contributed by atoms with Crippen molar-refractivity contribution in [3.8, 4) is 28.4 Å². The van der Waals surface area contributed by atoms with Crippen LogP contribution in [0.3, 0.4) is 0 Å². The molecule has 5 nitrogen and oxygen atoms in total. The van der Waals surface area contributed by atoms with Crippen LogP contribution in [0, 0.1) is 0 Å². The van der Waals surface area contributed by atoms with E-state index in [1.54, 1.807) is 27.5 Å². The zero-order valence-corrected chi connectivity index (χ0v) is 19.2. The van der Waals surface area contributed by atoms with Crippen molar-refractivity contribution in [2.24, 2.45) is 0 Å². The Morgan fingerprint density at radius 3 is 2.29 bits per heavy atom. The fourth-order valence-corrected chi connectivity index (χ4v) is 4.24. The maximum atomic E-state index is 5.56. The summed E-state index contributed by atoms with van der Waals surface area (Å²) in [5.41, 5.74) is 6.06. The number of aromatic nitrogens is 1. The molecule has 0 aliphatic carbocycles. The summed E-state index contributed by atoms with van der Waals surface area (Å²) in [4.78, 5) is 6.67. The Kier molecular flexibility index (Phi) is 7.42. The van der Waals surface area contributed by atoms with E-state index in [-0.39, 0.29) is 12.4 Å². The van der Waals surface area contributed by atoms with Crippen LogP contribution in [0.25, 0.3) is 11.1 Å². The summed E-state index contributed by atoms with van der Waals surface area (Å²) in [6, 6.07) is 15.1. The van der Waals surface area contributed by atoms with Gasteiger partial charge in [0, 0.05) is 30.5 Å². The van der Waals surface area contributed by atoms with Gasteiger partial charge in [-0.2, -0.15) is 0 Å². The highest BCUT2D eigenvalue weighted by atomic mass is 35.5. The van der Waals surface area contributed by atoms with Gasteiger partial charge in [-0.25, -0.2) is 0 Å². The molecule has 0 bridgehead atoms. The van der Waals surface area contributed by atoms with Gasteiger partial charge in [0.25, 0.3) is 0 Å². The molecule has 0 amide bonds. The van der Waals surface area contributed by atoms with Crippen LogP contribution in [-0.4, -0.2) is 44.8 Å². The molecule has 1 aliphatic rings. The molecule has 2 heterocycles. The topological polar surface area (TPSA) is 43.8 Å². The third-order valence-corrected chi connectivity index (χ3v) is 5.97. The average Bonchev–Trinajstić information content (AvgIpc) is 2.80. The molecule has 4 rings (SSSR count). The number of hydrogen-bond donors (Lipinski definition) is 0. The maximum Gasteiger partial charge on any atom is 0.161 e. The van der Waals surface area contributed by atoms with E-state index in [9.17, 15) is 0 Å². The number of pyridine rings is 1. The minimum atomic E-state index is 0. The minimum Gasteiger partial charge on any atom is -0.496 e. The molecular formula is C25H29ClN2O3. The zero-order chi connectivity index (χ0) is 21.1. The Balaban J connectivity index is 0.00000272. The third kappa shape index (κ3) is 4.63. The van der Waals surface area contributed by atoms with Crippen LogP contribution in [0.1, 0.15) is 22.7 Å².